The molecule has 8 saturated carbocycles. The van der Waals surface area contributed by atoms with Gasteiger partial charge in [-0.05, 0) is 203 Å². The number of aliphatic carboxylic acids is 1. The van der Waals surface area contributed by atoms with Crippen LogP contribution in [0.25, 0.3) is 0 Å². The Balaban J connectivity index is 0.967. The van der Waals surface area contributed by atoms with Crippen molar-refractivity contribution in [1.82, 2.24) is 0 Å². The normalized spacial score (nSPS) is 52.7. The summed E-state index contributed by atoms with van der Waals surface area (Å²) in [7, 11) is 0. The molecule has 7 heteroatoms. The maximum atomic E-state index is 14.2. The third kappa shape index (κ3) is 6.50. The van der Waals surface area contributed by atoms with Crippen molar-refractivity contribution in [2.75, 3.05) is 0 Å². The number of carbonyl (C=O) groups excluding carboxylic acids is 1. The highest BCUT2D eigenvalue weighted by Gasteiger charge is 2.66. The molecule has 0 aromatic carbocycles. The molecule has 8 rings (SSSR count). The number of carboxylic acids is 1. The predicted molar refractivity (Wildman–Crippen MR) is 214 cm³/mol. The van der Waals surface area contributed by atoms with Gasteiger partial charge in [0, 0.05) is 18.3 Å². The van der Waals surface area contributed by atoms with Crippen LogP contribution in [0.5, 0.6) is 0 Å². The van der Waals surface area contributed by atoms with Crippen LogP contribution in [0, 0.1) is 92.7 Å². The van der Waals surface area contributed by atoms with Crippen LogP contribution >= 0.6 is 0 Å². The van der Waals surface area contributed by atoms with E-state index >= 15 is 0 Å². The number of aliphatic hydroxyl groups excluding tert-OH is 3. The third-order valence-corrected chi connectivity index (χ3v) is 20.9. The van der Waals surface area contributed by atoms with Gasteiger partial charge < -0.3 is 25.2 Å². The van der Waals surface area contributed by atoms with Crippen LogP contribution in [0.4, 0.5) is 0 Å². The molecule has 4 N–H and O–H groups in total. The monoisotopic (exact) mass is 767 g/mol. The summed E-state index contributed by atoms with van der Waals surface area (Å²) in [5.74, 6) is 4.95. The molecule has 20 atom stereocenters. The minimum Gasteiger partial charge on any atom is -0.481 e. The van der Waals surface area contributed by atoms with Gasteiger partial charge in [-0.15, -0.1) is 0 Å². The second-order valence-electron chi connectivity index (χ2n) is 22.7. The molecule has 0 heterocycles. The highest BCUT2D eigenvalue weighted by molar-refractivity contribution is 5.69. The van der Waals surface area contributed by atoms with E-state index in [1.54, 1.807) is 0 Å². The molecule has 0 unspecified atom stereocenters. The summed E-state index contributed by atoms with van der Waals surface area (Å²) in [5, 5.41) is 42.9. The lowest BCUT2D eigenvalue weighted by Crippen LogP contribution is -2.59. The fourth-order valence-corrected chi connectivity index (χ4v) is 17.8. The van der Waals surface area contributed by atoms with Crippen molar-refractivity contribution in [3.05, 3.63) is 0 Å². The number of aliphatic hydroxyl groups is 3. The maximum Gasteiger partial charge on any atom is 0.306 e. The molecule has 0 aromatic rings. The maximum absolute atomic E-state index is 14.2. The average Bonchev–Trinajstić information content (AvgIpc) is 3.69. The Morgan fingerprint density at radius 1 is 0.600 bits per heavy atom. The van der Waals surface area contributed by atoms with Gasteiger partial charge in [0.05, 0.1) is 18.3 Å². The zero-order chi connectivity index (χ0) is 39.2. The Morgan fingerprint density at radius 2 is 1.09 bits per heavy atom. The van der Waals surface area contributed by atoms with E-state index in [1.165, 1.54) is 32.1 Å². The first-order chi connectivity index (χ1) is 26.0. The summed E-state index contributed by atoms with van der Waals surface area (Å²) in [5.41, 5.74) is 0.121. The SMILES string of the molecule is C[C@H](CCC(=O)O[C@H]1C[C@H]2[C@@H](CC[C@@H]3C[C@H](O)CC[C@@]32C)[C@@H]2CC[C@H]([C@H](C)CCC(=O)O)[C@@]12C)[C@H]1CC[C@H]2[C@@H]3CC[C@@H]4C[C@H](O)CC[C@]4(C)[C@H]3C[C@H](O)[C@]12C. The number of hydrogen-bond acceptors (Lipinski definition) is 6. The van der Waals surface area contributed by atoms with Gasteiger partial charge in [0.1, 0.15) is 6.10 Å². The summed E-state index contributed by atoms with van der Waals surface area (Å²) in [6, 6.07) is 0. The van der Waals surface area contributed by atoms with E-state index in [0.29, 0.717) is 77.9 Å². The summed E-state index contributed by atoms with van der Waals surface area (Å²) in [6.07, 6.45) is 18.2. The first kappa shape index (κ1) is 40.6. The van der Waals surface area contributed by atoms with Crippen LogP contribution < -0.4 is 0 Å². The second kappa shape index (κ2) is 14.8. The van der Waals surface area contributed by atoms with Crippen molar-refractivity contribution < 1.29 is 34.8 Å². The Bertz CT molecular complexity index is 1430. The number of carbonyl (C=O) groups is 2. The number of hydrogen-bond donors (Lipinski definition) is 4. The first-order valence-electron chi connectivity index (χ1n) is 23.5. The summed E-state index contributed by atoms with van der Waals surface area (Å²) in [6.45, 7) is 14.4. The molecule has 7 nitrogen and oxygen atoms in total. The molecular weight excluding hydrogens is 689 g/mol. The minimum atomic E-state index is -0.729. The quantitative estimate of drug-likeness (QED) is 0.173. The molecule has 0 amide bonds. The van der Waals surface area contributed by atoms with Crippen molar-refractivity contribution >= 4 is 11.9 Å². The first-order valence-corrected chi connectivity index (χ1v) is 23.5. The molecule has 0 bridgehead atoms. The van der Waals surface area contributed by atoms with E-state index in [9.17, 15) is 30.0 Å². The molecule has 55 heavy (non-hydrogen) atoms. The van der Waals surface area contributed by atoms with Crippen LogP contribution in [0.3, 0.4) is 0 Å². The van der Waals surface area contributed by atoms with Crippen molar-refractivity contribution in [2.24, 2.45) is 92.7 Å². The van der Waals surface area contributed by atoms with E-state index < -0.39 is 5.97 Å². The Morgan fingerprint density at radius 3 is 1.64 bits per heavy atom. The number of fused-ring (bicyclic) bond motifs is 10. The average molecular weight is 767 g/mol. The molecule has 0 spiro atoms. The van der Waals surface area contributed by atoms with E-state index in [4.69, 9.17) is 4.74 Å². The molecule has 312 valence electrons. The van der Waals surface area contributed by atoms with E-state index in [2.05, 4.69) is 41.5 Å². The van der Waals surface area contributed by atoms with Crippen molar-refractivity contribution in [2.45, 2.75) is 194 Å². The van der Waals surface area contributed by atoms with Gasteiger partial charge in [-0.2, -0.15) is 0 Å². The summed E-state index contributed by atoms with van der Waals surface area (Å²) >= 11 is 0. The van der Waals surface area contributed by atoms with Gasteiger partial charge in [-0.25, -0.2) is 0 Å². The summed E-state index contributed by atoms with van der Waals surface area (Å²) in [4.78, 5) is 25.9. The molecule has 8 aliphatic carbocycles. The second-order valence-corrected chi connectivity index (χ2v) is 22.7. The zero-order valence-corrected chi connectivity index (χ0v) is 35.4. The Labute approximate surface area is 332 Å². The fraction of sp³-hybridized carbons (Fsp3) is 0.958. The van der Waals surface area contributed by atoms with Crippen LogP contribution in [0.15, 0.2) is 0 Å². The van der Waals surface area contributed by atoms with E-state index in [-0.39, 0.29) is 64.4 Å². The van der Waals surface area contributed by atoms with Crippen molar-refractivity contribution in [1.29, 1.82) is 0 Å². The lowest BCUT2D eigenvalue weighted by atomic mass is 9.43. The topological polar surface area (TPSA) is 124 Å². The van der Waals surface area contributed by atoms with Gasteiger partial charge in [-0.3, -0.25) is 9.59 Å². The van der Waals surface area contributed by atoms with Crippen LogP contribution in [0.2, 0.25) is 0 Å². The zero-order valence-electron chi connectivity index (χ0n) is 35.4. The standard InChI is InChI=1S/C48H78O7/c1-27(7-17-43(52)53)36-14-16-38-34-12-10-30-24-32(50)20-22-46(30,4)40(34)26-42(48(36,38)6)55-44(54)18-8-28(2)35-13-15-37-33-11-9-29-23-31(49)19-21-45(29,3)39(33)25-41(51)47(35,37)5/h27-42,49-51H,7-26H2,1-6H3,(H,52,53)/t27-,28-,29-,30-,31-,32-,33+,34+,35-,36-,37+,38+,39+,40+,41+,42+,45+,46+,47-,48-/m1/s1. The van der Waals surface area contributed by atoms with Crippen molar-refractivity contribution in [3.63, 3.8) is 0 Å². The third-order valence-electron chi connectivity index (χ3n) is 20.9. The van der Waals surface area contributed by atoms with Gasteiger partial charge >= 0.3 is 11.9 Å². The largest absolute Gasteiger partial charge is 0.481 e. The minimum absolute atomic E-state index is 0.0645. The molecule has 0 radical (unpaired) electrons. The van der Waals surface area contributed by atoms with Gasteiger partial charge in [0.2, 0.25) is 0 Å². The van der Waals surface area contributed by atoms with Crippen LogP contribution in [0.1, 0.15) is 170 Å². The summed E-state index contributed by atoms with van der Waals surface area (Å²) < 4.78 is 6.84. The number of esters is 1. The molecule has 0 saturated heterocycles. The highest BCUT2D eigenvalue weighted by atomic mass is 16.5. The molecule has 0 aliphatic heterocycles. The van der Waals surface area contributed by atoms with Gasteiger partial charge in [0.25, 0.3) is 0 Å². The van der Waals surface area contributed by atoms with Crippen molar-refractivity contribution in [3.8, 4) is 0 Å². The molecule has 0 aromatic heterocycles. The number of ether oxygens (including phenoxy) is 1. The predicted octanol–water partition coefficient (Wildman–Crippen LogP) is 9.44. The van der Waals surface area contributed by atoms with Gasteiger partial charge in [-0.1, -0.05) is 41.5 Å². The highest BCUT2D eigenvalue weighted by Crippen LogP contribution is 2.70. The van der Waals surface area contributed by atoms with E-state index in [0.717, 1.165) is 77.0 Å². The Hall–Kier alpha value is -1.18. The molecular formula is C48H78O7. The lowest BCUT2D eigenvalue weighted by Gasteiger charge is -2.62. The Kier molecular flexibility index (Phi) is 10.9. The smallest absolute Gasteiger partial charge is 0.306 e. The van der Waals surface area contributed by atoms with E-state index in [1.807, 2.05) is 0 Å². The van der Waals surface area contributed by atoms with Crippen LogP contribution in [-0.4, -0.2) is 56.8 Å². The number of carboxylic acid groups (broad SMARTS) is 1. The lowest BCUT2D eigenvalue weighted by molar-refractivity contribution is -0.198. The number of rotatable bonds is 9. The fourth-order valence-electron chi connectivity index (χ4n) is 17.8. The molecule has 8 aliphatic rings. The molecule has 8 fully saturated rings. The van der Waals surface area contributed by atoms with Crippen LogP contribution in [-0.2, 0) is 14.3 Å². The van der Waals surface area contributed by atoms with Gasteiger partial charge in [0.15, 0.2) is 0 Å².